The Labute approximate surface area is 126 Å². The van der Waals surface area contributed by atoms with E-state index in [0.29, 0.717) is 12.1 Å². The molecule has 3 amide bonds. The number of hydrogen-bond donors (Lipinski definition) is 6. The Morgan fingerprint density at radius 1 is 1.41 bits per heavy atom. The van der Waals surface area contributed by atoms with Crippen LogP contribution >= 0.6 is 0 Å². The number of imidazole rings is 1. The van der Waals surface area contributed by atoms with Gasteiger partial charge in [-0.3, -0.25) is 4.79 Å². The van der Waals surface area contributed by atoms with E-state index in [-0.39, 0.29) is 19.4 Å². The highest BCUT2D eigenvalue weighted by atomic mass is 16.4. The number of aromatic amines is 1. The summed E-state index contributed by atoms with van der Waals surface area (Å²) in [4.78, 5) is 40.1. The van der Waals surface area contributed by atoms with Crippen molar-refractivity contribution in [1.29, 1.82) is 0 Å². The number of nitrogens with zero attached hydrogens (tertiary/aromatic N) is 1. The Morgan fingerprint density at radius 2 is 2.14 bits per heavy atom. The molecule has 1 aromatic heterocycles. The molecule has 0 saturated heterocycles. The molecule has 0 radical (unpaired) electrons. The van der Waals surface area contributed by atoms with E-state index in [1.165, 1.54) is 12.5 Å². The normalized spacial score (nSPS) is 13.1. The number of carbonyl (C=O) groups excluding carboxylic acids is 2. The molecule has 0 aliphatic heterocycles. The van der Waals surface area contributed by atoms with Crippen molar-refractivity contribution in [2.75, 3.05) is 6.54 Å². The van der Waals surface area contributed by atoms with Gasteiger partial charge in [0.15, 0.2) is 0 Å². The topological polar surface area (TPSA) is 176 Å². The van der Waals surface area contributed by atoms with Crippen molar-refractivity contribution in [3.63, 3.8) is 0 Å². The second-order valence-corrected chi connectivity index (χ2v) is 4.72. The van der Waals surface area contributed by atoms with Crippen LogP contribution in [0.5, 0.6) is 0 Å². The molecule has 0 aromatic carbocycles. The van der Waals surface area contributed by atoms with Crippen LogP contribution in [0, 0.1) is 0 Å². The summed E-state index contributed by atoms with van der Waals surface area (Å²) in [6.45, 7) is 0.231. The number of urea groups is 1. The quantitative estimate of drug-likeness (QED) is 0.296. The number of H-pyrrole nitrogens is 1. The van der Waals surface area contributed by atoms with Gasteiger partial charge >= 0.3 is 12.0 Å². The standard InChI is InChI=1S/C12H20N6O4/c13-8(4-7-5-15-6-17-7)10(19)18-9(11(20)21)2-1-3-16-12(14)22/h5-6,8-9H,1-4,13H2,(H,15,17)(H,18,19)(H,20,21)(H3,14,16,22). The lowest BCUT2D eigenvalue weighted by Gasteiger charge is -2.17. The average molecular weight is 312 g/mol. The lowest BCUT2D eigenvalue weighted by molar-refractivity contribution is -0.142. The third kappa shape index (κ3) is 6.22. The van der Waals surface area contributed by atoms with Gasteiger partial charge in [-0.25, -0.2) is 14.6 Å². The summed E-state index contributed by atoms with van der Waals surface area (Å²) in [7, 11) is 0. The van der Waals surface area contributed by atoms with Crippen molar-refractivity contribution >= 4 is 17.9 Å². The third-order valence-corrected chi connectivity index (χ3v) is 2.91. The van der Waals surface area contributed by atoms with Crippen molar-refractivity contribution < 1.29 is 19.5 Å². The third-order valence-electron chi connectivity index (χ3n) is 2.91. The fraction of sp³-hybridized carbons (Fsp3) is 0.500. The summed E-state index contributed by atoms with van der Waals surface area (Å²) < 4.78 is 0. The minimum Gasteiger partial charge on any atom is -0.480 e. The number of nitrogens with one attached hydrogen (secondary N) is 3. The molecule has 0 bridgehead atoms. The Balaban J connectivity index is 2.42. The van der Waals surface area contributed by atoms with Crippen molar-refractivity contribution in [2.45, 2.75) is 31.3 Å². The van der Waals surface area contributed by atoms with E-state index in [4.69, 9.17) is 16.6 Å². The maximum Gasteiger partial charge on any atom is 0.326 e. The van der Waals surface area contributed by atoms with Crippen LogP contribution in [-0.4, -0.2) is 51.6 Å². The average Bonchev–Trinajstić information content (AvgIpc) is 2.94. The van der Waals surface area contributed by atoms with Crippen LogP contribution in [0.15, 0.2) is 12.5 Å². The minimum absolute atomic E-state index is 0.151. The zero-order chi connectivity index (χ0) is 16.5. The Hall–Kier alpha value is -2.62. The molecule has 2 atom stereocenters. The predicted octanol–water partition coefficient (Wildman–Crippen LogP) is -1.70. The van der Waals surface area contributed by atoms with Crippen molar-refractivity contribution in [1.82, 2.24) is 20.6 Å². The Bertz CT molecular complexity index is 504. The summed E-state index contributed by atoms with van der Waals surface area (Å²) in [6, 6.07) is -2.64. The van der Waals surface area contributed by atoms with Crippen molar-refractivity contribution in [3.05, 3.63) is 18.2 Å². The van der Waals surface area contributed by atoms with E-state index in [0.717, 1.165) is 0 Å². The zero-order valence-corrected chi connectivity index (χ0v) is 11.9. The SMILES string of the molecule is NC(=O)NCCCC(NC(=O)C(N)Cc1cnc[nH]1)C(=O)O. The Kier molecular flexibility index (Phi) is 6.83. The molecule has 0 saturated carbocycles. The number of rotatable bonds is 9. The smallest absolute Gasteiger partial charge is 0.326 e. The van der Waals surface area contributed by atoms with Gasteiger partial charge in [-0.2, -0.15) is 0 Å². The predicted molar refractivity (Wildman–Crippen MR) is 76.7 cm³/mol. The molecule has 10 heteroatoms. The number of nitrogens with two attached hydrogens (primary N) is 2. The molecule has 0 aliphatic carbocycles. The number of hydrogen-bond acceptors (Lipinski definition) is 5. The molecule has 2 unspecified atom stereocenters. The number of aliphatic carboxylic acids is 1. The maximum absolute atomic E-state index is 11.9. The van der Waals surface area contributed by atoms with Crippen LogP contribution in [-0.2, 0) is 16.0 Å². The van der Waals surface area contributed by atoms with Gasteiger partial charge in [0.05, 0.1) is 12.4 Å². The second-order valence-electron chi connectivity index (χ2n) is 4.72. The number of carbonyl (C=O) groups is 3. The second kappa shape index (κ2) is 8.62. The molecular formula is C12H20N6O4. The largest absolute Gasteiger partial charge is 0.480 e. The fourth-order valence-corrected chi connectivity index (χ4v) is 1.78. The van der Waals surface area contributed by atoms with Gasteiger partial charge in [-0.15, -0.1) is 0 Å². The van der Waals surface area contributed by atoms with Gasteiger partial charge in [-0.1, -0.05) is 0 Å². The van der Waals surface area contributed by atoms with Gasteiger partial charge < -0.3 is 32.2 Å². The van der Waals surface area contributed by atoms with Gasteiger partial charge in [0.25, 0.3) is 0 Å². The van der Waals surface area contributed by atoms with E-state index >= 15 is 0 Å². The number of carboxylic acid groups (broad SMARTS) is 1. The van der Waals surface area contributed by atoms with E-state index in [1.807, 2.05) is 0 Å². The van der Waals surface area contributed by atoms with Crippen LogP contribution in [0.3, 0.4) is 0 Å². The first-order valence-corrected chi connectivity index (χ1v) is 6.69. The highest BCUT2D eigenvalue weighted by molar-refractivity contribution is 5.86. The van der Waals surface area contributed by atoms with Crippen molar-refractivity contribution in [3.8, 4) is 0 Å². The highest BCUT2D eigenvalue weighted by Crippen LogP contribution is 2.00. The molecule has 10 nitrogen and oxygen atoms in total. The number of amides is 3. The first-order valence-electron chi connectivity index (χ1n) is 6.69. The van der Waals surface area contributed by atoms with Crippen molar-refractivity contribution in [2.24, 2.45) is 11.5 Å². The summed E-state index contributed by atoms with van der Waals surface area (Å²) >= 11 is 0. The van der Waals surface area contributed by atoms with Crippen LogP contribution in [0.25, 0.3) is 0 Å². The number of primary amides is 1. The molecule has 0 fully saturated rings. The molecule has 1 aromatic rings. The Morgan fingerprint density at radius 3 is 2.68 bits per heavy atom. The van der Waals surface area contributed by atoms with Crippen LogP contribution in [0.4, 0.5) is 4.79 Å². The van der Waals surface area contributed by atoms with Gasteiger partial charge in [-0.05, 0) is 12.8 Å². The first kappa shape index (κ1) is 17.4. The van der Waals surface area contributed by atoms with E-state index in [2.05, 4.69) is 20.6 Å². The van der Waals surface area contributed by atoms with Crippen LogP contribution in [0.1, 0.15) is 18.5 Å². The summed E-state index contributed by atoms with van der Waals surface area (Å²) in [6.07, 6.45) is 3.73. The summed E-state index contributed by atoms with van der Waals surface area (Å²) in [5, 5.41) is 13.8. The maximum atomic E-state index is 11.9. The van der Waals surface area contributed by atoms with Crippen LogP contribution in [0.2, 0.25) is 0 Å². The molecule has 1 heterocycles. The highest BCUT2D eigenvalue weighted by Gasteiger charge is 2.23. The van der Waals surface area contributed by atoms with E-state index in [1.54, 1.807) is 0 Å². The molecule has 0 aliphatic rings. The molecule has 122 valence electrons. The zero-order valence-electron chi connectivity index (χ0n) is 11.9. The molecular weight excluding hydrogens is 292 g/mol. The summed E-state index contributed by atoms with van der Waals surface area (Å²) in [5.74, 6) is -1.73. The lowest BCUT2D eigenvalue weighted by Crippen LogP contribution is -2.49. The monoisotopic (exact) mass is 312 g/mol. The van der Waals surface area contributed by atoms with Gasteiger partial charge in [0.1, 0.15) is 6.04 Å². The van der Waals surface area contributed by atoms with Crippen LogP contribution < -0.4 is 22.1 Å². The van der Waals surface area contributed by atoms with E-state index in [9.17, 15) is 14.4 Å². The molecule has 22 heavy (non-hydrogen) atoms. The minimum atomic E-state index is -1.17. The fourth-order valence-electron chi connectivity index (χ4n) is 1.78. The molecule has 8 N–H and O–H groups in total. The van der Waals surface area contributed by atoms with Gasteiger partial charge in [0.2, 0.25) is 5.91 Å². The number of aromatic nitrogens is 2. The number of carboxylic acids is 1. The molecule has 1 rings (SSSR count). The van der Waals surface area contributed by atoms with Gasteiger partial charge in [0, 0.05) is 24.9 Å². The molecule has 0 spiro atoms. The first-order chi connectivity index (χ1) is 10.4. The lowest BCUT2D eigenvalue weighted by atomic mass is 10.1. The van der Waals surface area contributed by atoms with E-state index < -0.39 is 30.0 Å². The summed E-state index contributed by atoms with van der Waals surface area (Å²) in [5.41, 5.74) is 11.3.